The lowest BCUT2D eigenvalue weighted by Gasteiger charge is -2.43. The second kappa shape index (κ2) is 6.94. The number of nitrogens with one attached hydrogen (secondary N) is 2. The van der Waals surface area contributed by atoms with E-state index in [1.165, 1.54) is 12.8 Å². The van der Waals surface area contributed by atoms with E-state index in [9.17, 15) is 4.79 Å². The molecule has 112 valence electrons. The molecule has 0 aromatic heterocycles. The van der Waals surface area contributed by atoms with Crippen LogP contribution in [0.25, 0.3) is 0 Å². The first-order valence-electron chi connectivity index (χ1n) is 7.58. The van der Waals surface area contributed by atoms with Crippen molar-refractivity contribution in [1.29, 1.82) is 0 Å². The SMILES string of the molecule is CC(C)CC1(C(=O)NC2CCCNC2C)CCC1.Cl. The minimum atomic E-state index is -0.0364. The number of piperidine rings is 1. The van der Waals surface area contributed by atoms with Crippen molar-refractivity contribution < 1.29 is 4.79 Å². The monoisotopic (exact) mass is 288 g/mol. The summed E-state index contributed by atoms with van der Waals surface area (Å²) in [5.41, 5.74) is -0.0364. The fraction of sp³-hybridized carbons (Fsp3) is 0.933. The highest BCUT2D eigenvalue weighted by atomic mass is 35.5. The van der Waals surface area contributed by atoms with Crippen LogP contribution in [0.3, 0.4) is 0 Å². The van der Waals surface area contributed by atoms with Gasteiger partial charge in [-0.1, -0.05) is 20.3 Å². The van der Waals surface area contributed by atoms with Gasteiger partial charge in [0.2, 0.25) is 5.91 Å². The smallest absolute Gasteiger partial charge is 0.226 e. The van der Waals surface area contributed by atoms with Gasteiger partial charge in [0.15, 0.2) is 0 Å². The molecule has 4 heteroatoms. The standard InChI is InChI=1S/C15H28N2O.ClH/c1-11(2)10-15(7-5-8-15)14(18)17-13-6-4-9-16-12(13)3;/h11-13,16H,4-10H2,1-3H3,(H,17,18);1H. The summed E-state index contributed by atoms with van der Waals surface area (Å²) >= 11 is 0. The van der Waals surface area contributed by atoms with Gasteiger partial charge in [-0.05, 0) is 51.5 Å². The van der Waals surface area contributed by atoms with Gasteiger partial charge in [-0.25, -0.2) is 0 Å². The number of hydrogen-bond donors (Lipinski definition) is 2. The van der Waals surface area contributed by atoms with Crippen LogP contribution < -0.4 is 10.6 Å². The van der Waals surface area contributed by atoms with Crippen molar-refractivity contribution in [3.8, 4) is 0 Å². The maximum atomic E-state index is 12.6. The molecule has 1 saturated heterocycles. The maximum Gasteiger partial charge on any atom is 0.226 e. The lowest BCUT2D eigenvalue weighted by Crippen LogP contribution is -2.56. The molecule has 3 nitrogen and oxygen atoms in total. The summed E-state index contributed by atoms with van der Waals surface area (Å²) in [6.45, 7) is 7.71. The van der Waals surface area contributed by atoms with Crippen LogP contribution in [0.1, 0.15) is 59.3 Å². The molecule has 2 fully saturated rings. The number of carbonyl (C=O) groups is 1. The predicted molar refractivity (Wildman–Crippen MR) is 81.6 cm³/mol. The number of amides is 1. The Balaban J connectivity index is 0.00000180. The van der Waals surface area contributed by atoms with Gasteiger partial charge >= 0.3 is 0 Å². The van der Waals surface area contributed by atoms with Crippen LogP contribution in [0.2, 0.25) is 0 Å². The van der Waals surface area contributed by atoms with Crippen molar-refractivity contribution in [3.63, 3.8) is 0 Å². The molecular formula is C15H29ClN2O. The summed E-state index contributed by atoms with van der Waals surface area (Å²) in [5, 5.41) is 6.77. The first kappa shape index (κ1) is 16.8. The van der Waals surface area contributed by atoms with Crippen molar-refractivity contribution >= 4 is 18.3 Å². The summed E-state index contributed by atoms with van der Waals surface area (Å²) in [5.74, 6) is 0.931. The zero-order valence-corrected chi connectivity index (χ0v) is 13.3. The van der Waals surface area contributed by atoms with E-state index in [2.05, 4.69) is 31.4 Å². The normalized spacial score (nSPS) is 29.3. The van der Waals surface area contributed by atoms with E-state index in [-0.39, 0.29) is 17.8 Å². The molecule has 1 saturated carbocycles. The van der Waals surface area contributed by atoms with E-state index in [4.69, 9.17) is 0 Å². The third kappa shape index (κ3) is 3.85. The van der Waals surface area contributed by atoms with Crippen molar-refractivity contribution in [3.05, 3.63) is 0 Å². The molecule has 1 amide bonds. The first-order valence-corrected chi connectivity index (χ1v) is 7.58. The quantitative estimate of drug-likeness (QED) is 0.835. The van der Waals surface area contributed by atoms with E-state index in [0.717, 1.165) is 32.2 Å². The molecule has 0 aromatic carbocycles. The van der Waals surface area contributed by atoms with E-state index >= 15 is 0 Å². The van der Waals surface area contributed by atoms with Gasteiger partial charge in [-0.3, -0.25) is 4.79 Å². The highest BCUT2D eigenvalue weighted by Gasteiger charge is 2.45. The molecule has 2 N–H and O–H groups in total. The minimum absolute atomic E-state index is 0. The van der Waals surface area contributed by atoms with Crippen LogP contribution in [-0.2, 0) is 4.79 Å². The van der Waals surface area contributed by atoms with E-state index < -0.39 is 0 Å². The number of rotatable bonds is 4. The molecule has 0 aromatic rings. The van der Waals surface area contributed by atoms with E-state index in [1.54, 1.807) is 0 Å². The Morgan fingerprint density at radius 3 is 2.53 bits per heavy atom. The molecule has 1 aliphatic heterocycles. The van der Waals surface area contributed by atoms with Gasteiger partial charge in [0, 0.05) is 17.5 Å². The summed E-state index contributed by atoms with van der Waals surface area (Å²) in [6, 6.07) is 0.745. The van der Waals surface area contributed by atoms with Gasteiger partial charge < -0.3 is 10.6 Å². The van der Waals surface area contributed by atoms with Gasteiger partial charge in [0.1, 0.15) is 0 Å². The third-order valence-electron chi connectivity index (χ3n) is 4.67. The number of halogens is 1. The lowest BCUT2D eigenvalue weighted by molar-refractivity contribution is -0.138. The minimum Gasteiger partial charge on any atom is -0.351 e. The fourth-order valence-corrected chi connectivity index (χ4v) is 3.47. The van der Waals surface area contributed by atoms with Crippen LogP contribution in [0, 0.1) is 11.3 Å². The van der Waals surface area contributed by atoms with E-state index in [1.807, 2.05) is 0 Å². The van der Waals surface area contributed by atoms with Gasteiger partial charge in [0.05, 0.1) is 0 Å². The van der Waals surface area contributed by atoms with Crippen LogP contribution in [0.4, 0.5) is 0 Å². The average Bonchev–Trinajstić information content (AvgIpc) is 2.26. The lowest BCUT2D eigenvalue weighted by atomic mass is 9.64. The van der Waals surface area contributed by atoms with Crippen molar-refractivity contribution in [2.45, 2.75) is 71.4 Å². The topological polar surface area (TPSA) is 41.1 Å². The molecule has 2 unspecified atom stereocenters. The molecule has 0 radical (unpaired) electrons. The number of carbonyl (C=O) groups excluding carboxylic acids is 1. The van der Waals surface area contributed by atoms with Crippen LogP contribution >= 0.6 is 12.4 Å². The Kier molecular flexibility index (Phi) is 6.13. The molecule has 2 rings (SSSR count). The largest absolute Gasteiger partial charge is 0.351 e. The molecule has 0 bridgehead atoms. The van der Waals surface area contributed by atoms with Gasteiger partial charge in [-0.15, -0.1) is 12.4 Å². The Morgan fingerprint density at radius 1 is 1.37 bits per heavy atom. The Labute approximate surface area is 123 Å². The average molecular weight is 289 g/mol. The molecule has 2 atom stereocenters. The molecule has 19 heavy (non-hydrogen) atoms. The Morgan fingerprint density at radius 2 is 2.05 bits per heavy atom. The molecule has 0 spiro atoms. The molecule has 1 heterocycles. The van der Waals surface area contributed by atoms with Gasteiger partial charge in [0.25, 0.3) is 0 Å². The highest BCUT2D eigenvalue weighted by Crippen LogP contribution is 2.46. The van der Waals surface area contributed by atoms with Crippen molar-refractivity contribution in [2.75, 3.05) is 6.54 Å². The summed E-state index contributed by atoms with van der Waals surface area (Å²) in [4.78, 5) is 12.6. The predicted octanol–water partition coefficient (Wildman–Crippen LogP) is 2.88. The fourth-order valence-electron chi connectivity index (χ4n) is 3.47. The zero-order chi connectivity index (χ0) is 13.2. The summed E-state index contributed by atoms with van der Waals surface area (Å²) in [6.07, 6.45) is 6.74. The summed E-state index contributed by atoms with van der Waals surface area (Å²) < 4.78 is 0. The van der Waals surface area contributed by atoms with Crippen molar-refractivity contribution in [1.82, 2.24) is 10.6 Å². The Bertz CT molecular complexity index is 303. The van der Waals surface area contributed by atoms with Gasteiger partial charge in [-0.2, -0.15) is 0 Å². The second-order valence-electron chi connectivity index (χ2n) is 6.70. The molecule has 2 aliphatic rings. The van der Waals surface area contributed by atoms with Crippen LogP contribution in [0.15, 0.2) is 0 Å². The third-order valence-corrected chi connectivity index (χ3v) is 4.67. The molecule has 1 aliphatic carbocycles. The number of hydrogen-bond acceptors (Lipinski definition) is 2. The van der Waals surface area contributed by atoms with Crippen molar-refractivity contribution in [2.24, 2.45) is 11.3 Å². The second-order valence-corrected chi connectivity index (χ2v) is 6.70. The first-order chi connectivity index (χ1) is 8.53. The maximum absolute atomic E-state index is 12.6. The Hall–Kier alpha value is -0.280. The van der Waals surface area contributed by atoms with Crippen LogP contribution in [-0.4, -0.2) is 24.5 Å². The highest BCUT2D eigenvalue weighted by molar-refractivity contribution is 5.85. The van der Waals surface area contributed by atoms with E-state index in [0.29, 0.717) is 23.9 Å². The van der Waals surface area contributed by atoms with Crippen LogP contribution in [0.5, 0.6) is 0 Å². The summed E-state index contributed by atoms with van der Waals surface area (Å²) in [7, 11) is 0. The zero-order valence-electron chi connectivity index (χ0n) is 12.5. The molecular weight excluding hydrogens is 260 g/mol.